The van der Waals surface area contributed by atoms with Gasteiger partial charge in [-0.25, -0.2) is 9.97 Å². The highest BCUT2D eigenvalue weighted by Gasteiger charge is 2.08. The molecular weight excluding hydrogens is 274 g/mol. The zero-order valence-electron chi connectivity index (χ0n) is 12.6. The Morgan fingerprint density at radius 2 is 1.70 bits per heavy atom. The second-order valence-electron chi connectivity index (χ2n) is 4.95. The lowest BCUT2D eigenvalue weighted by atomic mass is 10.1. The number of rotatable bonds is 11. The zero-order valence-corrected chi connectivity index (χ0v) is 13.4. The van der Waals surface area contributed by atoms with Crippen LogP contribution in [0.15, 0.2) is 6.33 Å². The summed E-state index contributed by atoms with van der Waals surface area (Å²) in [6, 6.07) is 0. The van der Waals surface area contributed by atoms with E-state index in [2.05, 4.69) is 22.2 Å². The van der Waals surface area contributed by atoms with Gasteiger partial charge in [-0.1, -0.05) is 63.5 Å². The first-order valence-electron chi connectivity index (χ1n) is 7.58. The Labute approximate surface area is 127 Å². The van der Waals surface area contributed by atoms with Gasteiger partial charge in [0.15, 0.2) is 16.7 Å². The molecule has 0 radical (unpaired) electrons. The predicted molar refractivity (Wildman–Crippen MR) is 84.7 cm³/mol. The summed E-state index contributed by atoms with van der Waals surface area (Å²) in [5.41, 5.74) is 0. The summed E-state index contributed by atoms with van der Waals surface area (Å²) >= 11 is 5.94. The number of nitrogens with one attached hydrogen (secondary N) is 1. The van der Waals surface area contributed by atoms with Gasteiger partial charge in [0.25, 0.3) is 0 Å². The van der Waals surface area contributed by atoms with Gasteiger partial charge in [-0.2, -0.15) is 0 Å². The number of unbranched alkanes of at least 4 members (excludes halogenated alkanes) is 7. The topological polar surface area (TPSA) is 47.0 Å². The third kappa shape index (κ3) is 6.42. The first kappa shape index (κ1) is 17.0. The molecule has 0 aliphatic heterocycles. The van der Waals surface area contributed by atoms with Crippen LogP contribution in [0.1, 0.15) is 58.3 Å². The number of nitrogens with zero attached hydrogens (tertiary/aromatic N) is 2. The summed E-state index contributed by atoms with van der Waals surface area (Å²) in [5.74, 6) is 1.20. The van der Waals surface area contributed by atoms with E-state index in [0.29, 0.717) is 16.7 Å². The minimum atomic E-state index is 0.348. The Balaban J connectivity index is 2.11. The second-order valence-corrected chi connectivity index (χ2v) is 5.31. The molecule has 0 unspecified atom stereocenters. The molecule has 0 fully saturated rings. The molecule has 0 aromatic carbocycles. The molecule has 1 N–H and O–H groups in total. The van der Waals surface area contributed by atoms with E-state index in [9.17, 15) is 0 Å². The van der Waals surface area contributed by atoms with Gasteiger partial charge in [0.2, 0.25) is 0 Å². The molecule has 5 heteroatoms. The quantitative estimate of drug-likeness (QED) is 0.475. The van der Waals surface area contributed by atoms with Crippen LogP contribution >= 0.6 is 11.6 Å². The average molecular weight is 300 g/mol. The van der Waals surface area contributed by atoms with Gasteiger partial charge in [-0.05, 0) is 6.42 Å². The lowest BCUT2D eigenvalue weighted by molar-refractivity contribution is 0.413. The fraction of sp³-hybridized carbons (Fsp3) is 0.733. The number of halogens is 1. The van der Waals surface area contributed by atoms with Gasteiger partial charge >= 0.3 is 0 Å². The largest absolute Gasteiger partial charge is 0.490 e. The van der Waals surface area contributed by atoms with Crippen molar-refractivity contribution in [1.29, 1.82) is 0 Å². The van der Waals surface area contributed by atoms with Crippen LogP contribution < -0.4 is 10.1 Å². The molecule has 0 saturated carbocycles. The Bertz CT molecular complexity index is 374. The maximum Gasteiger partial charge on any atom is 0.198 e. The van der Waals surface area contributed by atoms with Crippen LogP contribution in [-0.2, 0) is 0 Å². The molecule has 114 valence electrons. The Kier molecular flexibility index (Phi) is 9.13. The van der Waals surface area contributed by atoms with E-state index < -0.39 is 0 Å². The van der Waals surface area contributed by atoms with Crippen LogP contribution in [0.2, 0.25) is 5.15 Å². The molecule has 1 aromatic rings. The van der Waals surface area contributed by atoms with E-state index in [4.69, 9.17) is 16.3 Å². The van der Waals surface area contributed by atoms with Crippen molar-refractivity contribution in [1.82, 2.24) is 9.97 Å². The van der Waals surface area contributed by atoms with Crippen LogP contribution in [0.25, 0.3) is 0 Å². The van der Waals surface area contributed by atoms with Gasteiger partial charge in [0.05, 0.1) is 7.11 Å². The van der Waals surface area contributed by atoms with E-state index in [1.54, 1.807) is 7.11 Å². The SMILES string of the molecule is CCCCCCCCCCNc1ncnc(Cl)c1OC. The van der Waals surface area contributed by atoms with E-state index in [1.165, 1.54) is 51.3 Å². The number of hydrogen-bond donors (Lipinski definition) is 1. The summed E-state index contributed by atoms with van der Waals surface area (Å²) in [6.07, 6.45) is 11.9. The highest BCUT2D eigenvalue weighted by molar-refractivity contribution is 6.31. The molecule has 1 aromatic heterocycles. The maximum absolute atomic E-state index is 5.94. The second kappa shape index (κ2) is 10.7. The summed E-state index contributed by atoms with van der Waals surface area (Å²) in [7, 11) is 1.58. The molecule has 0 amide bonds. The van der Waals surface area contributed by atoms with E-state index in [-0.39, 0.29) is 0 Å². The minimum absolute atomic E-state index is 0.348. The molecule has 0 spiro atoms. The van der Waals surface area contributed by atoms with Crippen molar-refractivity contribution in [2.45, 2.75) is 58.3 Å². The van der Waals surface area contributed by atoms with Crippen molar-refractivity contribution < 1.29 is 4.74 Å². The van der Waals surface area contributed by atoms with Crippen molar-refractivity contribution in [2.24, 2.45) is 0 Å². The van der Waals surface area contributed by atoms with Gasteiger partial charge in [-0.3, -0.25) is 0 Å². The van der Waals surface area contributed by atoms with Gasteiger partial charge in [-0.15, -0.1) is 0 Å². The Morgan fingerprint density at radius 1 is 1.05 bits per heavy atom. The van der Waals surface area contributed by atoms with Crippen molar-refractivity contribution in [2.75, 3.05) is 19.0 Å². The monoisotopic (exact) mass is 299 g/mol. The number of aromatic nitrogens is 2. The van der Waals surface area contributed by atoms with Crippen LogP contribution in [0.5, 0.6) is 5.75 Å². The molecule has 0 saturated heterocycles. The summed E-state index contributed by atoms with van der Waals surface area (Å²) in [6.45, 7) is 3.14. The summed E-state index contributed by atoms with van der Waals surface area (Å²) < 4.78 is 5.19. The van der Waals surface area contributed by atoms with Gasteiger partial charge in [0, 0.05) is 6.54 Å². The third-order valence-electron chi connectivity index (χ3n) is 3.29. The number of methoxy groups -OCH3 is 1. The van der Waals surface area contributed by atoms with E-state index >= 15 is 0 Å². The molecule has 0 aliphatic carbocycles. The summed E-state index contributed by atoms with van der Waals surface area (Å²) in [5, 5.41) is 3.60. The smallest absolute Gasteiger partial charge is 0.198 e. The van der Waals surface area contributed by atoms with Crippen molar-refractivity contribution >= 4 is 17.4 Å². The standard InChI is InChI=1S/C15H26ClN3O/c1-3-4-5-6-7-8-9-10-11-17-15-13(20-2)14(16)18-12-19-15/h12H,3-11H2,1-2H3,(H,17,18,19). The lowest BCUT2D eigenvalue weighted by Crippen LogP contribution is -2.06. The first-order valence-corrected chi connectivity index (χ1v) is 7.95. The molecule has 1 rings (SSSR count). The average Bonchev–Trinajstić information content (AvgIpc) is 2.45. The van der Waals surface area contributed by atoms with Gasteiger partial charge in [0.1, 0.15) is 6.33 Å². The number of hydrogen-bond acceptors (Lipinski definition) is 4. The van der Waals surface area contributed by atoms with Crippen LogP contribution in [0.4, 0.5) is 5.82 Å². The molecule has 20 heavy (non-hydrogen) atoms. The lowest BCUT2D eigenvalue weighted by Gasteiger charge is -2.10. The molecule has 0 atom stereocenters. The Hall–Kier alpha value is -1.03. The first-order chi connectivity index (χ1) is 9.79. The predicted octanol–water partition coefficient (Wildman–Crippen LogP) is 4.69. The Morgan fingerprint density at radius 3 is 2.35 bits per heavy atom. The number of anilines is 1. The van der Waals surface area contributed by atoms with Crippen molar-refractivity contribution in [3.63, 3.8) is 0 Å². The fourth-order valence-corrected chi connectivity index (χ4v) is 2.34. The third-order valence-corrected chi connectivity index (χ3v) is 3.56. The molecule has 1 heterocycles. The summed E-state index contributed by atoms with van der Waals surface area (Å²) in [4.78, 5) is 8.04. The molecule has 0 bridgehead atoms. The fourth-order valence-electron chi connectivity index (χ4n) is 2.12. The number of ether oxygens (including phenoxy) is 1. The van der Waals surface area contributed by atoms with Crippen molar-refractivity contribution in [3.05, 3.63) is 11.5 Å². The normalized spacial score (nSPS) is 10.6. The van der Waals surface area contributed by atoms with E-state index in [1.807, 2.05) is 0 Å². The van der Waals surface area contributed by atoms with Crippen LogP contribution in [0.3, 0.4) is 0 Å². The maximum atomic E-state index is 5.94. The molecular formula is C15H26ClN3O. The molecule has 0 aliphatic rings. The highest BCUT2D eigenvalue weighted by atomic mass is 35.5. The van der Waals surface area contributed by atoms with Crippen LogP contribution in [-0.4, -0.2) is 23.6 Å². The zero-order chi connectivity index (χ0) is 14.6. The van der Waals surface area contributed by atoms with Gasteiger partial charge < -0.3 is 10.1 Å². The minimum Gasteiger partial charge on any atom is -0.490 e. The highest BCUT2D eigenvalue weighted by Crippen LogP contribution is 2.28. The van der Waals surface area contributed by atoms with E-state index in [0.717, 1.165) is 13.0 Å². The van der Waals surface area contributed by atoms with Crippen molar-refractivity contribution in [3.8, 4) is 5.75 Å². The molecule has 4 nitrogen and oxygen atoms in total. The van der Waals surface area contributed by atoms with Crippen LogP contribution in [0, 0.1) is 0 Å².